The molecular formula is C20H42ClNO. The first-order chi connectivity index (χ1) is 10.7. The summed E-state index contributed by atoms with van der Waals surface area (Å²) in [5, 5.41) is 9.65. The highest BCUT2D eigenvalue weighted by molar-refractivity contribution is 5.85. The Morgan fingerprint density at radius 3 is 1.65 bits per heavy atom. The molecule has 140 valence electrons. The number of rotatable bonds is 16. The Morgan fingerprint density at radius 2 is 1.17 bits per heavy atom. The van der Waals surface area contributed by atoms with E-state index in [0.717, 1.165) is 12.8 Å². The molecule has 0 rings (SSSR count). The van der Waals surface area contributed by atoms with E-state index in [-0.39, 0.29) is 18.6 Å². The van der Waals surface area contributed by atoms with Crippen molar-refractivity contribution in [2.24, 2.45) is 0 Å². The molecule has 0 aromatic heterocycles. The fourth-order valence-corrected chi connectivity index (χ4v) is 2.66. The van der Waals surface area contributed by atoms with Crippen molar-refractivity contribution in [3.05, 3.63) is 12.2 Å². The number of halogens is 1. The first-order valence-electron chi connectivity index (χ1n) is 9.68. The minimum atomic E-state index is -0.259. The van der Waals surface area contributed by atoms with Gasteiger partial charge in [-0.2, -0.15) is 0 Å². The van der Waals surface area contributed by atoms with Crippen LogP contribution in [-0.4, -0.2) is 30.3 Å². The average Bonchev–Trinajstić information content (AvgIpc) is 2.50. The Labute approximate surface area is 152 Å². The Kier molecular flexibility index (Phi) is 21.9. The van der Waals surface area contributed by atoms with Crippen LogP contribution in [0.3, 0.4) is 0 Å². The van der Waals surface area contributed by atoms with Crippen molar-refractivity contribution in [1.82, 2.24) is 4.90 Å². The molecule has 2 nitrogen and oxygen atoms in total. The van der Waals surface area contributed by atoms with Crippen molar-refractivity contribution in [2.45, 2.75) is 103 Å². The molecule has 0 aliphatic rings. The van der Waals surface area contributed by atoms with Crippen LogP contribution in [0.4, 0.5) is 0 Å². The lowest BCUT2D eigenvalue weighted by atomic mass is 10.1. The van der Waals surface area contributed by atoms with Gasteiger partial charge in [-0.1, -0.05) is 70.4 Å². The van der Waals surface area contributed by atoms with E-state index in [9.17, 15) is 5.11 Å². The zero-order chi connectivity index (χ0) is 16.5. The van der Waals surface area contributed by atoms with Crippen LogP contribution >= 0.6 is 12.4 Å². The van der Waals surface area contributed by atoms with E-state index in [0.29, 0.717) is 0 Å². The lowest BCUT2D eigenvalue weighted by molar-refractivity contribution is 0.0313. The van der Waals surface area contributed by atoms with Crippen molar-refractivity contribution >= 4 is 12.4 Å². The highest BCUT2D eigenvalue weighted by Gasteiger charge is 2.04. The van der Waals surface area contributed by atoms with Crippen LogP contribution in [0, 0.1) is 0 Å². The summed E-state index contributed by atoms with van der Waals surface area (Å²) < 4.78 is 0. The Morgan fingerprint density at radius 1 is 0.739 bits per heavy atom. The first kappa shape index (κ1) is 25.2. The van der Waals surface area contributed by atoms with Crippen molar-refractivity contribution in [1.29, 1.82) is 0 Å². The third kappa shape index (κ3) is 19.9. The van der Waals surface area contributed by atoms with Gasteiger partial charge >= 0.3 is 0 Å². The summed E-state index contributed by atoms with van der Waals surface area (Å²) in [4.78, 5) is 1.88. The van der Waals surface area contributed by atoms with Gasteiger partial charge in [-0.25, -0.2) is 0 Å². The molecule has 0 radical (unpaired) electrons. The minimum Gasteiger partial charge on any atom is -0.378 e. The molecule has 0 fully saturated rings. The Hall–Kier alpha value is -0.0500. The molecule has 0 saturated heterocycles. The van der Waals surface area contributed by atoms with Crippen molar-refractivity contribution in [3.8, 4) is 0 Å². The van der Waals surface area contributed by atoms with Gasteiger partial charge < -0.3 is 5.11 Å². The van der Waals surface area contributed by atoms with Crippen LogP contribution in [0.2, 0.25) is 0 Å². The zero-order valence-electron chi connectivity index (χ0n) is 15.9. The maximum absolute atomic E-state index is 9.65. The molecule has 1 unspecified atom stereocenters. The van der Waals surface area contributed by atoms with E-state index in [1.165, 1.54) is 77.0 Å². The predicted molar refractivity (Wildman–Crippen MR) is 106 cm³/mol. The standard InChI is InChI=1S/C20H41NO.ClH/c1-4-5-6-7-8-9-10-11-12-13-14-15-16-17-18-19-20(22)21(2)3;/h11-12,20,22H,4-10,13-19H2,1-3H3;1H/b12-11-;. The maximum Gasteiger partial charge on any atom is 0.106 e. The number of hydrogen-bond acceptors (Lipinski definition) is 2. The van der Waals surface area contributed by atoms with E-state index in [2.05, 4.69) is 19.1 Å². The summed E-state index contributed by atoms with van der Waals surface area (Å²) >= 11 is 0. The number of allylic oxidation sites excluding steroid dienone is 2. The van der Waals surface area contributed by atoms with Gasteiger partial charge in [-0.3, -0.25) is 4.90 Å². The van der Waals surface area contributed by atoms with Crippen LogP contribution in [0.25, 0.3) is 0 Å². The second-order valence-electron chi connectivity index (χ2n) is 6.82. The number of unbranched alkanes of at least 4 members (excludes halogenated alkanes) is 11. The Bertz CT molecular complexity index is 244. The fourth-order valence-electron chi connectivity index (χ4n) is 2.66. The van der Waals surface area contributed by atoms with Crippen LogP contribution in [0.15, 0.2) is 12.2 Å². The summed E-state index contributed by atoms with van der Waals surface area (Å²) in [6.45, 7) is 2.27. The Balaban J connectivity index is 0. The lowest BCUT2D eigenvalue weighted by Crippen LogP contribution is -2.27. The van der Waals surface area contributed by atoms with Gasteiger partial charge in [0.2, 0.25) is 0 Å². The van der Waals surface area contributed by atoms with Gasteiger partial charge in [0.15, 0.2) is 0 Å². The van der Waals surface area contributed by atoms with Crippen molar-refractivity contribution in [2.75, 3.05) is 14.1 Å². The smallest absolute Gasteiger partial charge is 0.106 e. The molecule has 3 heteroatoms. The SMILES string of the molecule is CCCCCCCC/C=C\CCCCCCCC(O)N(C)C.Cl. The van der Waals surface area contributed by atoms with Crippen molar-refractivity contribution < 1.29 is 5.11 Å². The number of hydrogen-bond donors (Lipinski definition) is 1. The molecule has 0 amide bonds. The van der Waals surface area contributed by atoms with E-state index < -0.39 is 0 Å². The van der Waals surface area contributed by atoms with Crippen LogP contribution in [0.1, 0.15) is 96.8 Å². The number of aliphatic hydroxyl groups excluding tert-OH is 1. The molecule has 1 N–H and O–H groups in total. The van der Waals surface area contributed by atoms with Crippen LogP contribution in [0.5, 0.6) is 0 Å². The highest BCUT2D eigenvalue weighted by Crippen LogP contribution is 2.11. The first-order valence-corrected chi connectivity index (χ1v) is 9.68. The fraction of sp³-hybridized carbons (Fsp3) is 0.900. The van der Waals surface area contributed by atoms with E-state index in [4.69, 9.17) is 0 Å². The summed E-state index contributed by atoms with van der Waals surface area (Å²) in [5.41, 5.74) is 0. The zero-order valence-corrected chi connectivity index (χ0v) is 16.8. The third-order valence-electron chi connectivity index (χ3n) is 4.32. The second-order valence-corrected chi connectivity index (χ2v) is 6.82. The van der Waals surface area contributed by atoms with Gasteiger partial charge in [-0.05, 0) is 52.6 Å². The van der Waals surface area contributed by atoms with Gasteiger partial charge in [-0.15, -0.1) is 12.4 Å². The average molecular weight is 348 g/mol. The molecule has 0 bridgehead atoms. The molecule has 0 saturated carbocycles. The second kappa shape index (κ2) is 20.0. The summed E-state index contributed by atoms with van der Waals surface area (Å²) in [7, 11) is 3.87. The molecule has 0 aliphatic carbocycles. The summed E-state index contributed by atoms with van der Waals surface area (Å²) in [6, 6.07) is 0. The molecule has 0 aliphatic heterocycles. The molecule has 0 aromatic carbocycles. The van der Waals surface area contributed by atoms with Crippen molar-refractivity contribution in [3.63, 3.8) is 0 Å². The van der Waals surface area contributed by atoms with Crippen LogP contribution in [-0.2, 0) is 0 Å². The van der Waals surface area contributed by atoms with E-state index >= 15 is 0 Å². The quantitative estimate of drug-likeness (QED) is 0.200. The molecule has 0 aromatic rings. The largest absolute Gasteiger partial charge is 0.378 e. The normalized spacial score (nSPS) is 12.7. The lowest BCUT2D eigenvalue weighted by Gasteiger charge is -2.17. The predicted octanol–water partition coefficient (Wildman–Crippen LogP) is 6.33. The maximum atomic E-state index is 9.65. The van der Waals surface area contributed by atoms with Gasteiger partial charge in [0, 0.05) is 0 Å². The highest BCUT2D eigenvalue weighted by atomic mass is 35.5. The van der Waals surface area contributed by atoms with Gasteiger partial charge in [0.1, 0.15) is 6.23 Å². The molecular weight excluding hydrogens is 306 g/mol. The number of aliphatic hydroxyl groups is 1. The summed E-state index contributed by atoms with van der Waals surface area (Å²) in [6.07, 6.45) is 22.7. The van der Waals surface area contributed by atoms with Crippen LogP contribution < -0.4 is 0 Å². The van der Waals surface area contributed by atoms with Gasteiger partial charge in [0.05, 0.1) is 0 Å². The molecule has 23 heavy (non-hydrogen) atoms. The van der Waals surface area contributed by atoms with Gasteiger partial charge in [0.25, 0.3) is 0 Å². The van der Waals surface area contributed by atoms with E-state index in [1.807, 2.05) is 19.0 Å². The molecule has 1 atom stereocenters. The summed E-state index contributed by atoms with van der Waals surface area (Å²) in [5.74, 6) is 0. The minimum absolute atomic E-state index is 0. The van der Waals surface area contributed by atoms with E-state index in [1.54, 1.807) is 0 Å². The topological polar surface area (TPSA) is 23.5 Å². The third-order valence-corrected chi connectivity index (χ3v) is 4.32. The monoisotopic (exact) mass is 347 g/mol. The number of nitrogens with zero attached hydrogens (tertiary/aromatic N) is 1. The molecule has 0 heterocycles. The molecule has 0 spiro atoms.